The summed E-state index contributed by atoms with van der Waals surface area (Å²) < 4.78 is 0. The van der Waals surface area contributed by atoms with E-state index in [2.05, 4.69) is 29.1 Å². The van der Waals surface area contributed by atoms with E-state index in [-0.39, 0.29) is 5.56 Å². The fraction of sp³-hybridized carbons (Fsp3) is 0.636. The molecule has 1 aliphatic carbocycles. The van der Waals surface area contributed by atoms with E-state index in [9.17, 15) is 4.79 Å². The molecule has 1 aromatic heterocycles. The van der Waals surface area contributed by atoms with Gasteiger partial charge in [0.25, 0.3) is 5.56 Å². The molecular formula is C11H17N3O. The molecule has 0 aliphatic heterocycles. The van der Waals surface area contributed by atoms with Crippen LogP contribution in [-0.4, -0.2) is 16.0 Å². The molecular weight excluding hydrogens is 190 g/mol. The fourth-order valence-corrected chi connectivity index (χ4v) is 1.85. The van der Waals surface area contributed by atoms with Crippen molar-refractivity contribution in [3.63, 3.8) is 0 Å². The topological polar surface area (TPSA) is 57.8 Å². The highest BCUT2D eigenvalue weighted by Crippen LogP contribution is 2.16. The van der Waals surface area contributed by atoms with Crippen LogP contribution in [0.5, 0.6) is 0 Å². The summed E-state index contributed by atoms with van der Waals surface area (Å²) in [6.07, 6.45) is 3.88. The lowest BCUT2D eigenvalue weighted by atomic mass is 10.2. The molecule has 4 nitrogen and oxygen atoms in total. The van der Waals surface area contributed by atoms with Crippen LogP contribution in [0, 0.1) is 0 Å². The van der Waals surface area contributed by atoms with Gasteiger partial charge in [0.1, 0.15) is 0 Å². The first-order valence-electron chi connectivity index (χ1n) is 5.59. The number of nitrogens with one attached hydrogen (secondary N) is 2. The molecule has 0 radical (unpaired) electrons. The van der Waals surface area contributed by atoms with Crippen molar-refractivity contribution in [2.75, 3.05) is 5.32 Å². The minimum Gasteiger partial charge on any atom is -0.353 e. The fourth-order valence-electron chi connectivity index (χ4n) is 1.85. The standard InChI is InChI=1S/C11H17N3O/c1-3-7(2)12-11-13-9-6-4-5-8(9)10(15)14-11/h7H,3-6H2,1-2H3,(H2,12,13,14,15). The van der Waals surface area contributed by atoms with Crippen LogP contribution in [0.4, 0.5) is 5.95 Å². The molecule has 4 heteroatoms. The zero-order chi connectivity index (χ0) is 10.8. The summed E-state index contributed by atoms with van der Waals surface area (Å²) in [6.45, 7) is 4.18. The number of H-pyrrole nitrogens is 1. The quantitative estimate of drug-likeness (QED) is 0.789. The SMILES string of the molecule is CCC(C)Nc1nc2c(c(=O)[nH]1)CCC2. The van der Waals surface area contributed by atoms with Crippen molar-refractivity contribution in [1.29, 1.82) is 0 Å². The third-order valence-corrected chi connectivity index (χ3v) is 2.94. The van der Waals surface area contributed by atoms with E-state index in [1.807, 2.05) is 0 Å². The Kier molecular flexibility index (Phi) is 2.75. The Bertz CT molecular complexity index is 411. The average Bonchev–Trinajstić information content (AvgIpc) is 2.66. The molecule has 0 saturated heterocycles. The van der Waals surface area contributed by atoms with Crippen molar-refractivity contribution < 1.29 is 0 Å². The Morgan fingerprint density at radius 1 is 1.53 bits per heavy atom. The Morgan fingerprint density at radius 2 is 2.33 bits per heavy atom. The third-order valence-electron chi connectivity index (χ3n) is 2.94. The molecule has 0 spiro atoms. The predicted molar refractivity (Wildman–Crippen MR) is 60.3 cm³/mol. The van der Waals surface area contributed by atoms with Crippen LogP contribution >= 0.6 is 0 Å². The van der Waals surface area contributed by atoms with E-state index in [0.717, 1.165) is 36.9 Å². The molecule has 2 N–H and O–H groups in total. The molecule has 82 valence electrons. The van der Waals surface area contributed by atoms with Gasteiger partial charge in [-0.25, -0.2) is 4.98 Å². The molecule has 2 rings (SSSR count). The minimum absolute atomic E-state index is 0.0308. The molecule has 0 bridgehead atoms. The zero-order valence-corrected chi connectivity index (χ0v) is 9.26. The molecule has 15 heavy (non-hydrogen) atoms. The maximum Gasteiger partial charge on any atom is 0.255 e. The number of fused-ring (bicyclic) bond motifs is 1. The van der Waals surface area contributed by atoms with Crippen molar-refractivity contribution in [3.05, 3.63) is 21.6 Å². The summed E-state index contributed by atoms with van der Waals surface area (Å²) in [5.41, 5.74) is 1.89. The Labute approximate surface area is 89.1 Å². The van der Waals surface area contributed by atoms with Gasteiger partial charge in [0.05, 0.1) is 5.69 Å². The van der Waals surface area contributed by atoms with E-state index in [1.54, 1.807) is 0 Å². The molecule has 1 aromatic rings. The number of aryl methyl sites for hydroxylation is 1. The second-order valence-electron chi connectivity index (χ2n) is 4.15. The Balaban J connectivity index is 2.28. The Hall–Kier alpha value is -1.32. The number of hydrogen-bond acceptors (Lipinski definition) is 3. The Morgan fingerprint density at radius 3 is 3.07 bits per heavy atom. The van der Waals surface area contributed by atoms with Crippen LogP contribution in [0.2, 0.25) is 0 Å². The molecule has 1 unspecified atom stereocenters. The van der Waals surface area contributed by atoms with E-state index >= 15 is 0 Å². The number of aromatic nitrogens is 2. The third kappa shape index (κ3) is 2.03. The van der Waals surface area contributed by atoms with Crippen LogP contribution in [0.1, 0.15) is 37.9 Å². The van der Waals surface area contributed by atoms with Gasteiger partial charge in [-0.1, -0.05) is 6.92 Å². The number of rotatable bonds is 3. The van der Waals surface area contributed by atoms with Gasteiger partial charge < -0.3 is 5.32 Å². The van der Waals surface area contributed by atoms with Crippen LogP contribution in [0.3, 0.4) is 0 Å². The van der Waals surface area contributed by atoms with Gasteiger partial charge in [-0.2, -0.15) is 0 Å². The normalized spacial score (nSPS) is 16.1. The van der Waals surface area contributed by atoms with Gasteiger partial charge >= 0.3 is 0 Å². The molecule has 0 aromatic carbocycles. The van der Waals surface area contributed by atoms with Crippen molar-refractivity contribution in [2.24, 2.45) is 0 Å². The minimum atomic E-state index is 0.0308. The van der Waals surface area contributed by atoms with Gasteiger partial charge in [0.15, 0.2) is 0 Å². The number of hydrogen-bond donors (Lipinski definition) is 2. The maximum atomic E-state index is 11.7. The lowest BCUT2D eigenvalue weighted by Crippen LogP contribution is -2.21. The van der Waals surface area contributed by atoms with Gasteiger partial charge in [-0.05, 0) is 32.6 Å². The second kappa shape index (κ2) is 4.04. The van der Waals surface area contributed by atoms with E-state index < -0.39 is 0 Å². The highest BCUT2D eigenvalue weighted by Gasteiger charge is 2.17. The first kappa shape index (κ1) is 10.2. The monoisotopic (exact) mass is 207 g/mol. The van der Waals surface area contributed by atoms with Gasteiger partial charge in [0, 0.05) is 11.6 Å². The van der Waals surface area contributed by atoms with E-state index in [1.165, 1.54) is 0 Å². The van der Waals surface area contributed by atoms with Gasteiger partial charge in [-0.3, -0.25) is 9.78 Å². The van der Waals surface area contributed by atoms with Crippen molar-refractivity contribution in [3.8, 4) is 0 Å². The zero-order valence-electron chi connectivity index (χ0n) is 9.26. The van der Waals surface area contributed by atoms with Crippen molar-refractivity contribution in [2.45, 2.75) is 45.6 Å². The predicted octanol–water partition coefficient (Wildman–Crippen LogP) is 1.47. The summed E-state index contributed by atoms with van der Waals surface area (Å²) >= 11 is 0. The first-order valence-corrected chi connectivity index (χ1v) is 5.59. The molecule has 1 atom stereocenters. The molecule has 0 amide bonds. The lowest BCUT2D eigenvalue weighted by molar-refractivity contribution is 0.749. The average molecular weight is 207 g/mol. The van der Waals surface area contributed by atoms with Gasteiger partial charge in [0.2, 0.25) is 5.95 Å². The van der Waals surface area contributed by atoms with E-state index in [4.69, 9.17) is 0 Å². The highest BCUT2D eigenvalue weighted by atomic mass is 16.1. The number of aromatic amines is 1. The van der Waals surface area contributed by atoms with E-state index in [0.29, 0.717) is 12.0 Å². The van der Waals surface area contributed by atoms with Crippen LogP contribution < -0.4 is 10.9 Å². The summed E-state index contributed by atoms with van der Waals surface area (Å²) in [6, 6.07) is 0.340. The molecule has 1 heterocycles. The summed E-state index contributed by atoms with van der Waals surface area (Å²) in [7, 11) is 0. The number of anilines is 1. The maximum absolute atomic E-state index is 11.7. The van der Waals surface area contributed by atoms with Crippen molar-refractivity contribution in [1.82, 2.24) is 9.97 Å². The summed E-state index contributed by atoms with van der Waals surface area (Å²) in [5, 5.41) is 3.20. The lowest BCUT2D eigenvalue weighted by Gasteiger charge is -2.12. The van der Waals surface area contributed by atoms with Crippen LogP contribution in [0.15, 0.2) is 4.79 Å². The summed E-state index contributed by atoms with van der Waals surface area (Å²) in [5.74, 6) is 0.620. The van der Waals surface area contributed by atoms with Crippen LogP contribution in [0.25, 0.3) is 0 Å². The van der Waals surface area contributed by atoms with Crippen LogP contribution in [-0.2, 0) is 12.8 Å². The number of nitrogens with zero attached hydrogens (tertiary/aromatic N) is 1. The molecule has 1 aliphatic rings. The second-order valence-corrected chi connectivity index (χ2v) is 4.15. The first-order chi connectivity index (χ1) is 7.20. The smallest absolute Gasteiger partial charge is 0.255 e. The highest BCUT2D eigenvalue weighted by molar-refractivity contribution is 5.32. The van der Waals surface area contributed by atoms with Crippen molar-refractivity contribution >= 4 is 5.95 Å². The largest absolute Gasteiger partial charge is 0.353 e. The van der Waals surface area contributed by atoms with Gasteiger partial charge in [-0.15, -0.1) is 0 Å². The molecule has 0 fully saturated rings. The summed E-state index contributed by atoms with van der Waals surface area (Å²) in [4.78, 5) is 18.9. The molecule has 0 saturated carbocycles.